The van der Waals surface area contributed by atoms with Crippen molar-refractivity contribution in [3.63, 3.8) is 0 Å². The number of pyridine rings is 1. The SMILES string of the molecule is C[Si](C)(C)C#CCCc1ccncc1I. The second-order valence-electron chi connectivity index (χ2n) is 4.52. The lowest BCUT2D eigenvalue weighted by Gasteiger charge is -2.03. The van der Waals surface area contributed by atoms with E-state index >= 15 is 0 Å². The van der Waals surface area contributed by atoms with Crippen LogP contribution in [0.15, 0.2) is 18.5 Å². The van der Waals surface area contributed by atoms with Crippen molar-refractivity contribution in [1.82, 2.24) is 4.98 Å². The molecule has 15 heavy (non-hydrogen) atoms. The highest BCUT2D eigenvalue weighted by molar-refractivity contribution is 14.1. The summed E-state index contributed by atoms with van der Waals surface area (Å²) in [4.78, 5) is 4.08. The van der Waals surface area contributed by atoms with E-state index in [0.717, 1.165) is 12.8 Å². The van der Waals surface area contributed by atoms with Crippen molar-refractivity contribution in [3.8, 4) is 11.5 Å². The van der Waals surface area contributed by atoms with Gasteiger partial charge in [0.1, 0.15) is 8.07 Å². The lowest BCUT2D eigenvalue weighted by Crippen LogP contribution is -2.16. The molecular weight excluding hydrogens is 313 g/mol. The molecule has 1 aromatic heterocycles. The number of hydrogen-bond acceptors (Lipinski definition) is 1. The van der Waals surface area contributed by atoms with Crippen molar-refractivity contribution in [1.29, 1.82) is 0 Å². The number of nitrogens with zero attached hydrogens (tertiary/aromatic N) is 1. The number of aryl methyl sites for hydroxylation is 1. The molecule has 1 nitrogen and oxygen atoms in total. The van der Waals surface area contributed by atoms with Crippen molar-refractivity contribution in [2.24, 2.45) is 0 Å². The Labute approximate surface area is 107 Å². The molecule has 80 valence electrons. The minimum atomic E-state index is -1.18. The highest BCUT2D eigenvalue weighted by atomic mass is 127. The summed E-state index contributed by atoms with van der Waals surface area (Å²) < 4.78 is 1.24. The molecule has 1 heterocycles. The van der Waals surface area contributed by atoms with Crippen molar-refractivity contribution in [2.75, 3.05) is 0 Å². The van der Waals surface area contributed by atoms with Crippen LogP contribution in [0.3, 0.4) is 0 Å². The standard InChI is InChI=1S/C12H16INSi/c1-15(2,3)9-5-4-6-11-7-8-14-10-12(11)13/h7-8,10H,4,6H2,1-3H3. The molecule has 0 aliphatic heterocycles. The van der Waals surface area contributed by atoms with Crippen molar-refractivity contribution < 1.29 is 0 Å². The first-order chi connectivity index (χ1) is 6.99. The summed E-state index contributed by atoms with van der Waals surface area (Å²) in [7, 11) is -1.18. The van der Waals surface area contributed by atoms with Gasteiger partial charge in [-0.15, -0.1) is 11.5 Å². The maximum absolute atomic E-state index is 4.08. The molecule has 0 aliphatic carbocycles. The minimum absolute atomic E-state index is 0.963. The van der Waals surface area contributed by atoms with Crippen LogP contribution in [-0.4, -0.2) is 13.1 Å². The van der Waals surface area contributed by atoms with E-state index < -0.39 is 8.07 Å². The molecule has 0 saturated carbocycles. The number of aromatic nitrogens is 1. The molecule has 0 N–H and O–H groups in total. The number of rotatable bonds is 2. The lowest BCUT2D eigenvalue weighted by molar-refractivity contribution is 1.01. The topological polar surface area (TPSA) is 12.9 Å². The molecule has 0 radical (unpaired) electrons. The first kappa shape index (κ1) is 12.7. The van der Waals surface area contributed by atoms with E-state index in [4.69, 9.17) is 0 Å². The van der Waals surface area contributed by atoms with Gasteiger partial charge in [0, 0.05) is 22.4 Å². The van der Waals surface area contributed by atoms with E-state index in [1.54, 1.807) is 0 Å². The summed E-state index contributed by atoms with van der Waals surface area (Å²) >= 11 is 2.33. The fourth-order valence-corrected chi connectivity index (χ4v) is 2.40. The van der Waals surface area contributed by atoms with Gasteiger partial charge < -0.3 is 0 Å². The van der Waals surface area contributed by atoms with E-state index in [-0.39, 0.29) is 0 Å². The Morgan fingerprint density at radius 2 is 2.13 bits per heavy atom. The van der Waals surface area contributed by atoms with Gasteiger partial charge >= 0.3 is 0 Å². The summed E-state index contributed by atoms with van der Waals surface area (Å²) in [6.45, 7) is 6.82. The first-order valence-corrected chi connectivity index (χ1v) is 9.65. The average Bonchev–Trinajstić information content (AvgIpc) is 2.13. The first-order valence-electron chi connectivity index (χ1n) is 5.07. The monoisotopic (exact) mass is 329 g/mol. The van der Waals surface area contributed by atoms with Gasteiger partial charge in [-0.2, -0.15) is 0 Å². The molecule has 0 bridgehead atoms. The van der Waals surface area contributed by atoms with Gasteiger partial charge in [-0.25, -0.2) is 0 Å². The van der Waals surface area contributed by atoms with Crippen molar-refractivity contribution in [3.05, 3.63) is 27.6 Å². The van der Waals surface area contributed by atoms with Crippen LogP contribution in [0.2, 0.25) is 19.6 Å². The summed E-state index contributed by atoms with van der Waals surface area (Å²) in [5, 5.41) is 0. The molecule has 0 saturated heterocycles. The summed E-state index contributed by atoms with van der Waals surface area (Å²) in [5.74, 6) is 3.29. The van der Waals surface area contributed by atoms with Gasteiger partial charge in [0.05, 0.1) is 0 Å². The zero-order valence-electron chi connectivity index (χ0n) is 9.47. The van der Waals surface area contributed by atoms with Crippen LogP contribution in [0.1, 0.15) is 12.0 Å². The van der Waals surface area contributed by atoms with Gasteiger partial charge in [-0.05, 0) is 40.6 Å². The van der Waals surface area contributed by atoms with Gasteiger partial charge in [-0.3, -0.25) is 4.98 Å². The Kier molecular flexibility index (Phi) is 4.80. The van der Waals surface area contributed by atoms with Crippen LogP contribution in [0.5, 0.6) is 0 Å². The van der Waals surface area contributed by atoms with Crippen LogP contribution in [0.25, 0.3) is 0 Å². The molecule has 0 fully saturated rings. The molecule has 1 rings (SSSR count). The third-order valence-electron chi connectivity index (χ3n) is 1.84. The maximum atomic E-state index is 4.08. The third-order valence-corrected chi connectivity index (χ3v) is 3.74. The molecule has 0 spiro atoms. The van der Waals surface area contributed by atoms with Gasteiger partial charge in [-0.1, -0.05) is 19.6 Å². The van der Waals surface area contributed by atoms with E-state index in [0.29, 0.717) is 0 Å². The predicted octanol–water partition coefficient (Wildman–Crippen LogP) is 3.50. The molecule has 0 aromatic carbocycles. The molecule has 0 amide bonds. The minimum Gasteiger partial charge on any atom is -0.264 e. The summed E-state index contributed by atoms with van der Waals surface area (Å²) in [5.41, 5.74) is 4.74. The van der Waals surface area contributed by atoms with Gasteiger partial charge in [0.2, 0.25) is 0 Å². The van der Waals surface area contributed by atoms with E-state index in [2.05, 4.69) is 64.7 Å². The summed E-state index contributed by atoms with van der Waals surface area (Å²) in [6, 6.07) is 2.08. The average molecular weight is 329 g/mol. The highest BCUT2D eigenvalue weighted by Gasteiger charge is 2.07. The number of halogens is 1. The smallest absolute Gasteiger partial charge is 0.129 e. The molecular formula is C12H16INSi. The Bertz CT molecular complexity index is 385. The Morgan fingerprint density at radius 1 is 1.40 bits per heavy atom. The van der Waals surface area contributed by atoms with Gasteiger partial charge in [0.15, 0.2) is 0 Å². The van der Waals surface area contributed by atoms with Crippen LogP contribution in [-0.2, 0) is 6.42 Å². The second-order valence-corrected chi connectivity index (χ2v) is 10.4. The van der Waals surface area contributed by atoms with Crippen LogP contribution >= 0.6 is 22.6 Å². The van der Waals surface area contributed by atoms with Crippen LogP contribution < -0.4 is 0 Å². The zero-order chi connectivity index (χ0) is 11.3. The molecule has 0 aliphatic rings. The fourth-order valence-electron chi connectivity index (χ4n) is 1.13. The maximum Gasteiger partial charge on any atom is 0.129 e. The fraction of sp³-hybridized carbons (Fsp3) is 0.417. The predicted molar refractivity (Wildman–Crippen MR) is 76.4 cm³/mol. The van der Waals surface area contributed by atoms with Crippen molar-refractivity contribution in [2.45, 2.75) is 32.5 Å². The normalized spacial score (nSPS) is 10.7. The largest absolute Gasteiger partial charge is 0.264 e. The van der Waals surface area contributed by atoms with E-state index in [9.17, 15) is 0 Å². The lowest BCUT2D eigenvalue weighted by atomic mass is 10.1. The third kappa shape index (κ3) is 5.33. The molecule has 1 aromatic rings. The van der Waals surface area contributed by atoms with Gasteiger partial charge in [0.25, 0.3) is 0 Å². The highest BCUT2D eigenvalue weighted by Crippen LogP contribution is 2.11. The second kappa shape index (κ2) is 5.66. The Hall–Kier alpha value is -0.343. The molecule has 0 atom stereocenters. The van der Waals surface area contributed by atoms with E-state index in [1.165, 1.54) is 9.13 Å². The Balaban J connectivity index is 2.51. The Morgan fingerprint density at radius 3 is 2.73 bits per heavy atom. The number of hydrogen-bond donors (Lipinski definition) is 0. The zero-order valence-corrected chi connectivity index (χ0v) is 12.6. The molecule has 3 heteroatoms. The summed E-state index contributed by atoms with van der Waals surface area (Å²) in [6.07, 6.45) is 5.76. The van der Waals surface area contributed by atoms with Crippen LogP contribution in [0.4, 0.5) is 0 Å². The molecule has 0 unspecified atom stereocenters. The van der Waals surface area contributed by atoms with Crippen molar-refractivity contribution >= 4 is 30.7 Å². The van der Waals surface area contributed by atoms with E-state index in [1.807, 2.05) is 12.4 Å². The van der Waals surface area contributed by atoms with Crippen LogP contribution in [0, 0.1) is 15.0 Å². The quantitative estimate of drug-likeness (QED) is 0.460.